The summed E-state index contributed by atoms with van der Waals surface area (Å²) in [4.78, 5) is 12.0. The van der Waals surface area contributed by atoms with Crippen LogP contribution in [0.25, 0.3) is 0 Å². The lowest BCUT2D eigenvalue weighted by molar-refractivity contribution is 0.0272. The van der Waals surface area contributed by atoms with Crippen LogP contribution in [0.5, 0.6) is 0 Å². The monoisotopic (exact) mass is 223 g/mol. The number of aromatic nitrogens is 2. The lowest BCUT2D eigenvalue weighted by atomic mass is 9.94. The third-order valence-electron chi connectivity index (χ3n) is 2.93. The van der Waals surface area contributed by atoms with E-state index in [0.717, 1.165) is 25.1 Å². The summed E-state index contributed by atoms with van der Waals surface area (Å²) < 4.78 is 5.40. The molecule has 5 nitrogen and oxygen atoms in total. The molecule has 16 heavy (non-hydrogen) atoms. The van der Waals surface area contributed by atoms with Crippen molar-refractivity contribution < 1.29 is 9.53 Å². The number of hydrogen-bond acceptors (Lipinski definition) is 3. The molecule has 88 valence electrons. The smallest absolute Gasteiger partial charge is 0.255 e. The normalized spacial score (nSPS) is 25.4. The molecule has 1 unspecified atom stereocenters. The molecule has 0 aliphatic carbocycles. The summed E-state index contributed by atoms with van der Waals surface area (Å²) in [7, 11) is 0. The molecule has 1 fully saturated rings. The predicted molar refractivity (Wildman–Crippen MR) is 59.2 cm³/mol. The second kappa shape index (κ2) is 4.25. The Morgan fingerprint density at radius 2 is 2.50 bits per heavy atom. The van der Waals surface area contributed by atoms with Gasteiger partial charge in [0.15, 0.2) is 0 Å². The van der Waals surface area contributed by atoms with Crippen LogP contribution in [0.1, 0.15) is 35.8 Å². The fourth-order valence-electron chi connectivity index (χ4n) is 1.95. The molecule has 0 spiro atoms. The number of hydrogen-bond donors (Lipinski definition) is 2. The SMILES string of the molecule is Cc1[nH]ncc1C(=O)NC1(C)CCCOC1. The van der Waals surface area contributed by atoms with Gasteiger partial charge < -0.3 is 10.1 Å². The van der Waals surface area contributed by atoms with Crippen molar-refractivity contribution in [3.63, 3.8) is 0 Å². The number of aryl methyl sites for hydroxylation is 1. The highest BCUT2D eigenvalue weighted by atomic mass is 16.5. The molecule has 1 aromatic heterocycles. The number of rotatable bonds is 2. The van der Waals surface area contributed by atoms with E-state index in [1.54, 1.807) is 6.20 Å². The Hall–Kier alpha value is -1.36. The van der Waals surface area contributed by atoms with Crippen molar-refractivity contribution in [3.05, 3.63) is 17.5 Å². The third kappa shape index (κ3) is 2.24. The molecule has 1 atom stereocenters. The van der Waals surface area contributed by atoms with E-state index in [1.807, 2.05) is 13.8 Å². The number of ether oxygens (including phenoxy) is 1. The highest BCUT2D eigenvalue weighted by Crippen LogP contribution is 2.19. The van der Waals surface area contributed by atoms with Crippen LogP contribution in [0, 0.1) is 6.92 Å². The van der Waals surface area contributed by atoms with Crippen LogP contribution < -0.4 is 5.32 Å². The quantitative estimate of drug-likeness (QED) is 0.786. The molecule has 0 bridgehead atoms. The van der Waals surface area contributed by atoms with E-state index < -0.39 is 0 Å². The van der Waals surface area contributed by atoms with Gasteiger partial charge in [-0.15, -0.1) is 0 Å². The van der Waals surface area contributed by atoms with Crippen LogP contribution in [0.2, 0.25) is 0 Å². The summed E-state index contributed by atoms with van der Waals surface area (Å²) in [6.45, 7) is 5.22. The molecule has 2 rings (SSSR count). The van der Waals surface area contributed by atoms with E-state index in [4.69, 9.17) is 4.74 Å². The Labute approximate surface area is 94.6 Å². The van der Waals surface area contributed by atoms with E-state index in [1.165, 1.54) is 0 Å². The van der Waals surface area contributed by atoms with E-state index in [2.05, 4.69) is 15.5 Å². The average molecular weight is 223 g/mol. The van der Waals surface area contributed by atoms with Gasteiger partial charge in [0.1, 0.15) is 0 Å². The Bertz CT molecular complexity index is 380. The summed E-state index contributed by atoms with van der Waals surface area (Å²) in [5, 5.41) is 9.61. The fraction of sp³-hybridized carbons (Fsp3) is 0.636. The van der Waals surface area contributed by atoms with Crippen molar-refractivity contribution in [2.45, 2.75) is 32.2 Å². The van der Waals surface area contributed by atoms with Gasteiger partial charge in [-0.2, -0.15) is 5.10 Å². The first-order valence-electron chi connectivity index (χ1n) is 5.51. The Morgan fingerprint density at radius 1 is 1.69 bits per heavy atom. The zero-order valence-electron chi connectivity index (χ0n) is 9.67. The molecule has 5 heteroatoms. The number of nitrogens with zero attached hydrogens (tertiary/aromatic N) is 1. The predicted octanol–water partition coefficient (Wildman–Crippen LogP) is 1.02. The molecule has 2 heterocycles. The maximum absolute atomic E-state index is 12.0. The van der Waals surface area contributed by atoms with Crippen LogP contribution >= 0.6 is 0 Å². The first-order chi connectivity index (χ1) is 7.61. The Kier molecular flexibility index (Phi) is 2.96. The molecule has 2 N–H and O–H groups in total. The van der Waals surface area contributed by atoms with Crippen molar-refractivity contribution in [2.75, 3.05) is 13.2 Å². The zero-order chi connectivity index (χ0) is 11.6. The fourth-order valence-corrected chi connectivity index (χ4v) is 1.95. The van der Waals surface area contributed by atoms with Crippen molar-refractivity contribution in [1.29, 1.82) is 0 Å². The largest absolute Gasteiger partial charge is 0.379 e. The van der Waals surface area contributed by atoms with Crippen LogP contribution in [-0.2, 0) is 4.74 Å². The maximum atomic E-state index is 12.0. The minimum absolute atomic E-state index is 0.0840. The molecular weight excluding hydrogens is 206 g/mol. The van der Waals surface area contributed by atoms with Crippen LogP contribution in [0.15, 0.2) is 6.20 Å². The van der Waals surface area contributed by atoms with Crippen molar-refractivity contribution >= 4 is 5.91 Å². The highest BCUT2D eigenvalue weighted by Gasteiger charge is 2.30. The van der Waals surface area contributed by atoms with Crippen molar-refractivity contribution in [1.82, 2.24) is 15.5 Å². The highest BCUT2D eigenvalue weighted by molar-refractivity contribution is 5.95. The minimum Gasteiger partial charge on any atom is -0.379 e. The third-order valence-corrected chi connectivity index (χ3v) is 2.93. The Morgan fingerprint density at radius 3 is 3.06 bits per heavy atom. The zero-order valence-corrected chi connectivity index (χ0v) is 9.67. The van der Waals surface area contributed by atoms with Gasteiger partial charge in [-0.1, -0.05) is 0 Å². The molecular formula is C11H17N3O2. The molecule has 1 aliphatic heterocycles. The van der Waals surface area contributed by atoms with E-state index >= 15 is 0 Å². The topological polar surface area (TPSA) is 67.0 Å². The number of carbonyl (C=O) groups is 1. The molecule has 0 aromatic carbocycles. The van der Waals surface area contributed by atoms with Gasteiger partial charge in [0.05, 0.1) is 23.9 Å². The second-order valence-corrected chi connectivity index (χ2v) is 4.58. The molecule has 0 saturated carbocycles. The second-order valence-electron chi connectivity index (χ2n) is 4.58. The summed E-state index contributed by atoms with van der Waals surface area (Å²) in [6, 6.07) is 0. The average Bonchev–Trinajstić information content (AvgIpc) is 2.65. The summed E-state index contributed by atoms with van der Waals surface area (Å²) >= 11 is 0. The first-order valence-corrected chi connectivity index (χ1v) is 5.51. The molecule has 1 saturated heterocycles. The Balaban J connectivity index is 2.04. The number of amides is 1. The van der Waals surface area contributed by atoms with Gasteiger partial charge in [0.2, 0.25) is 0 Å². The van der Waals surface area contributed by atoms with Crippen molar-refractivity contribution in [3.8, 4) is 0 Å². The standard InChI is InChI=1S/C11H17N3O2/c1-8-9(6-12-14-8)10(15)13-11(2)4-3-5-16-7-11/h6H,3-5,7H2,1-2H3,(H,12,14)(H,13,15). The molecule has 0 radical (unpaired) electrons. The number of aromatic amines is 1. The van der Waals surface area contributed by atoms with Crippen LogP contribution in [0.3, 0.4) is 0 Å². The summed E-state index contributed by atoms with van der Waals surface area (Å²) in [5.41, 5.74) is 1.14. The first kappa shape index (κ1) is 11.1. The van der Waals surface area contributed by atoms with Crippen molar-refractivity contribution in [2.24, 2.45) is 0 Å². The molecule has 1 aliphatic rings. The molecule has 1 amide bonds. The lowest BCUT2D eigenvalue weighted by Gasteiger charge is -2.34. The summed E-state index contributed by atoms with van der Waals surface area (Å²) in [6.07, 6.45) is 3.49. The number of carbonyl (C=O) groups excluding carboxylic acids is 1. The lowest BCUT2D eigenvalue weighted by Crippen LogP contribution is -2.51. The van der Waals surface area contributed by atoms with E-state index in [0.29, 0.717) is 12.2 Å². The van der Waals surface area contributed by atoms with Gasteiger partial charge in [-0.25, -0.2) is 0 Å². The van der Waals surface area contributed by atoms with E-state index in [9.17, 15) is 4.79 Å². The minimum atomic E-state index is -0.251. The maximum Gasteiger partial charge on any atom is 0.255 e. The number of nitrogens with one attached hydrogen (secondary N) is 2. The van der Waals surface area contributed by atoms with Gasteiger partial charge in [0.25, 0.3) is 5.91 Å². The van der Waals surface area contributed by atoms with E-state index in [-0.39, 0.29) is 11.4 Å². The van der Waals surface area contributed by atoms with Gasteiger partial charge in [0, 0.05) is 12.3 Å². The molecule has 1 aromatic rings. The van der Waals surface area contributed by atoms with Gasteiger partial charge in [-0.3, -0.25) is 9.89 Å². The van der Waals surface area contributed by atoms with Gasteiger partial charge >= 0.3 is 0 Å². The van der Waals surface area contributed by atoms with Crippen LogP contribution in [0.4, 0.5) is 0 Å². The summed E-state index contributed by atoms with van der Waals surface area (Å²) in [5.74, 6) is -0.0840. The van der Waals surface area contributed by atoms with Gasteiger partial charge in [-0.05, 0) is 26.7 Å². The van der Waals surface area contributed by atoms with Crippen LogP contribution in [-0.4, -0.2) is 34.9 Å². The number of H-pyrrole nitrogens is 1.